The third-order valence-corrected chi connectivity index (χ3v) is 4.22. The van der Waals surface area contributed by atoms with E-state index in [4.69, 9.17) is 11.6 Å². The molecule has 0 aliphatic heterocycles. The zero-order chi connectivity index (χ0) is 15.2. The van der Waals surface area contributed by atoms with Crippen molar-refractivity contribution in [2.24, 2.45) is 0 Å². The number of carbonyl (C=O) groups excluding carboxylic acids is 1. The molecule has 0 bridgehead atoms. The Hall–Kier alpha value is -1.11. The van der Waals surface area contributed by atoms with Crippen LogP contribution in [0.5, 0.6) is 0 Å². The lowest BCUT2D eigenvalue weighted by molar-refractivity contribution is 0.103. The number of hydrogen-bond donors (Lipinski definition) is 2. The zero-order valence-electron chi connectivity index (χ0n) is 11.2. The van der Waals surface area contributed by atoms with Gasteiger partial charge in [0.05, 0.1) is 6.10 Å². The number of halogens is 2. The van der Waals surface area contributed by atoms with Gasteiger partial charge in [0, 0.05) is 32.8 Å². The fourth-order valence-electron chi connectivity index (χ4n) is 1.89. The Labute approximate surface area is 142 Å². The molecule has 2 rings (SSSR count). The van der Waals surface area contributed by atoms with Gasteiger partial charge in [0.1, 0.15) is 0 Å². The van der Waals surface area contributed by atoms with Gasteiger partial charge in [0.25, 0.3) is 0 Å². The Kier molecular flexibility index (Phi) is 6.02. The first-order valence-electron chi connectivity index (χ1n) is 6.49. The molecule has 0 spiro atoms. The van der Waals surface area contributed by atoms with Gasteiger partial charge >= 0.3 is 0 Å². The van der Waals surface area contributed by atoms with E-state index in [9.17, 15) is 9.90 Å². The minimum Gasteiger partial charge on any atom is -0.390 e. The van der Waals surface area contributed by atoms with E-state index in [0.717, 1.165) is 0 Å². The topological polar surface area (TPSA) is 49.3 Å². The summed E-state index contributed by atoms with van der Waals surface area (Å²) in [5.74, 6) is -0.0930. The average molecular weight is 416 g/mol. The number of aliphatic hydroxyl groups excluding tert-OH is 1. The fourth-order valence-corrected chi connectivity index (χ4v) is 2.37. The van der Waals surface area contributed by atoms with Gasteiger partial charge in [-0.05, 0) is 18.2 Å². The molecule has 0 aromatic heterocycles. The van der Waals surface area contributed by atoms with Crippen LogP contribution in [0.4, 0.5) is 5.69 Å². The van der Waals surface area contributed by atoms with Crippen LogP contribution in [0, 0.1) is 0 Å². The number of anilines is 1. The van der Waals surface area contributed by atoms with Crippen molar-refractivity contribution in [3.05, 3.63) is 64.7 Å². The van der Waals surface area contributed by atoms with Crippen LogP contribution in [0.1, 0.15) is 15.9 Å². The van der Waals surface area contributed by atoms with Crippen molar-refractivity contribution in [3.63, 3.8) is 0 Å². The zero-order valence-corrected chi connectivity index (χ0v) is 14.1. The summed E-state index contributed by atoms with van der Waals surface area (Å²) in [5, 5.41) is 13.3. The second kappa shape index (κ2) is 7.77. The van der Waals surface area contributed by atoms with Crippen molar-refractivity contribution in [2.75, 3.05) is 16.3 Å². The molecule has 2 aromatic rings. The van der Waals surface area contributed by atoms with Crippen LogP contribution in [0.25, 0.3) is 0 Å². The molecule has 2 N–H and O–H groups in total. The van der Waals surface area contributed by atoms with Gasteiger partial charge in [-0.1, -0.05) is 64.5 Å². The first kappa shape index (κ1) is 16.3. The minimum absolute atomic E-state index is 0.0930. The van der Waals surface area contributed by atoms with Crippen LogP contribution < -0.4 is 5.32 Å². The van der Waals surface area contributed by atoms with E-state index < -0.39 is 6.10 Å². The van der Waals surface area contributed by atoms with Crippen molar-refractivity contribution in [1.82, 2.24) is 0 Å². The molecular weight excluding hydrogens is 401 g/mol. The first-order valence-corrected chi connectivity index (χ1v) is 8.39. The van der Waals surface area contributed by atoms with Crippen molar-refractivity contribution in [1.29, 1.82) is 0 Å². The van der Waals surface area contributed by atoms with Gasteiger partial charge < -0.3 is 10.4 Å². The van der Waals surface area contributed by atoms with E-state index in [1.807, 2.05) is 18.2 Å². The molecule has 1 atom stereocenters. The maximum atomic E-state index is 12.6. The number of alkyl halides is 1. The Bertz CT molecular complexity index is 619. The summed E-state index contributed by atoms with van der Waals surface area (Å²) >= 11 is 8.12. The standard InChI is InChI=1S/C16H15ClINO2/c17-12-6-7-15(19-10-13(20)9-18)14(8-12)16(21)11-4-2-1-3-5-11/h1-8,13,19-20H,9-10H2. The number of ketones is 1. The Morgan fingerprint density at radius 3 is 2.62 bits per heavy atom. The van der Waals surface area contributed by atoms with Gasteiger partial charge in [-0.3, -0.25) is 4.79 Å². The predicted molar refractivity (Wildman–Crippen MR) is 94.7 cm³/mol. The number of rotatable bonds is 6. The van der Waals surface area contributed by atoms with E-state index in [1.54, 1.807) is 30.3 Å². The molecule has 0 aliphatic carbocycles. The lowest BCUT2D eigenvalue weighted by Gasteiger charge is -2.14. The second-order valence-corrected chi connectivity index (χ2v) is 5.89. The van der Waals surface area contributed by atoms with Gasteiger partial charge in [0.2, 0.25) is 0 Å². The van der Waals surface area contributed by atoms with Gasteiger partial charge in [-0.15, -0.1) is 0 Å². The van der Waals surface area contributed by atoms with E-state index in [-0.39, 0.29) is 5.78 Å². The molecule has 0 radical (unpaired) electrons. The predicted octanol–water partition coefficient (Wildman–Crippen LogP) is 3.78. The Morgan fingerprint density at radius 1 is 1.24 bits per heavy atom. The van der Waals surface area contributed by atoms with Crippen LogP contribution in [0.2, 0.25) is 5.02 Å². The van der Waals surface area contributed by atoms with E-state index in [2.05, 4.69) is 27.9 Å². The largest absolute Gasteiger partial charge is 0.390 e. The highest BCUT2D eigenvalue weighted by Crippen LogP contribution is 2.23. The molecule has 0 saturated carbocycles. The normalized spacial score (nSPS) is 12.0. The van der Waals surface area contributed by atoms with Crippen LogP contribution in [0.15, 0.2) is 48.5 Å². The number of benzene rings is 2. The van der Waals surface area contributed by atoms with Crippen LogP contribution in [0.3, 0.4) is 0 Å². The number of carbonyl (C=O) groups is 1. The Morgan fingerprint density at radius 2 is 1.95 bits per heavy atom. The number of aliphatic hydroxyl groups is 1. The maximum Gasteiger partial charge on any atom is 0.195 e. The van der Waals surface area contributed by atoms with Crippen molar-refractivity contribution >= 4 is 45.7 Å². The highest BCUT2D eigenvalue weighted by atomic mass is 127. The lowest BCUT2D eigenvalue weighted by Crippen LogP contribution is -2.21. The van der Waals surface area contributed by atoms with E-state index in [1.165, 1.54) is 0 Å². The Balaban J connectivity index is 2.29. The monoisotopic (exact) mass is 415 g/mol. The summed E-state index contributed by atoms with van der Waals surface area (Å²) in [6.45, 7) is 0.389. The molecule has 0 fully saturated rings. The van der Waals surface area contributed by atoms with Crippen LogP contribution in [-0.4, -0.2) is 28.0 Å². The second-order valence-electron chi connectivity index (χ2n) is 4.57. The van der Waals surface area contributed by atoms with Crippen molar-refractivity contribution in [3.8, 4) is 0 Å². The minimum atomic E-state index is -0.457. The van der Waals surface area contributed by atoms with Crippen LogP contribution in [-0.2, 0) is 0 Å². The van der Waals surface area contributed by atoms with Crippen molar-refractivity contribution < 1.29 is 9.90 Å². The smallest absolute Gasteiger partial charge is 0.195 e. The molecule has 0 amide bonds. The molecule has 1 unspecified atom stereocenters. The SMILES string of the molecule is O=C(c1ccccc1)c1cc(Cl)ccc1NCC(O)CI. The molecule has 0 heterocycles. The average Bonchev–Trinajstić information content (AvgIpc) is 2.53. The molecule has 5 heteroatoms. The molecule has 0 aliphatic rings. The highest BCUT2D eigenvalue weighted by Gasteiger charge is 2.14. The summed E-state index contributed by atoms with van der Waals surface area (Å²) in [6, 6.07) is 14.2. The maximum absolute atomic E-state index is 12.6. The molecule has 21 heavy (non-hydrogen) atoms. The third kappa shape index (κ3) is 4.43. The number of hydrogen-bond acceptors (Lipinski definition) is 3. The van der Waals surface area contributed by atoms with Gasteiger partial charge in [-0.25, -0.2) is 0 Å². The first-order chi connectivity index (χ1) is 10.1. The fraction of sp³-hybridized carbons (Fsp3) is 0.188. The van der Waals surface area contributed by atoms with Gasteiger partial charge in [-0.2, -0.15) is 0 Å². The number of nitrogens with one attached hydrogen (secondary N) is 1. The van der Waals surface area contributed by atoms with Crippen molar-refractivity contribution in [2.45, 2.75) is 6.10 Å². The highest BCUT2D eigenvalue weighted by molar-refractivity contribution is 14.1. The lowest BCUT2D eigenvalue weighted by atomic mass is 10.0. The van der Waals surface area contributed by atoms with E-state index >= 15 is 0 Å². The van der Waals surface area contributed by atoms with Gasteiger partial charge in [0.15, 0.2) is 5.78 Å². The third-order valence-electron chi connectivity index (χ3n) is 2.97. The summed E-state index contributed by atoms with van der Waals surface area (Å²) in [7, 11) is 0. The van der Waals surface area contributed by atoms with Crippen LogP contribution >= 0.6 is 34.2 Å². The molecule has 110 valence electrons. The van der Waals surface area contributed by atoms with E-state index in [0.29, 0.717) is 32.8 Å². The summed E-state index contributed by atoms with van der Waals surface area (Å²) in [5.41, 5.74) is 1.80. The molecular formula is C16H15ClINO2. The molecule has 0 saturated heterocycles. The summed E-state index contributed by atoms with van der Waals surface area (Å²) in [4.78, 5) is 12.6. The molecule has 3 nitrogen and oxygen atoms in total. The summed E-state index contributed by atoms with van der Waals surface area (Å²) < 4.78 is 0.625. The molecule has 2 aromatic carbocycles. The quantitative estimate of drug-likeness (QED) is 0.429. The summed E-state index contributed by atoms with van der Waals surface area (Å²) in [6.07, 6.45) is -0.457.